The van der Waals surface area contributed by atoms with Gasteiger partial charge in [-0.1, -0.05) is 11.6 Å². The lowest BCUT2D eigenvalue weighted by Gasteiger charge is -2.10. The standard InChI is InChI=1S/C12H7BrClFINO/c13-7-4-8(14)9(15)5-12(7)18-11-2-1-6(17)3-10(11)16/h1-5H,17H2. The molecule has 2 rings (SSSR count). The molecule has 0 aliphatic carbocycles. The Bertz CT molecular complexity index is 609. The van der Waals surface area contributed by atoms with Crippen LogP contribution in [0.2, 0.25) is 5.02 Å². The summed E-state index contributed by atoms with van der Waals surface area (Å²) < 4.78 is 20.4. The number of nitrogen functional groups attached to an aromatic ring is 1. The van der Waals surface area contributed by atoms with Crippen LogP contribution >= 0.6 is 50.1 Å². The highest BCUT2D eigenvalue weighted by molar-refractivity contribution is 14.1. The molecule has 6 heteroatoms. The van der Waals surface area contributed by atoms with E-state index >= 15 is 0 Å². The van der Waals surface area contributed by atoms with Crippen LogP contribution in [0.15, 0.2) is 34.8 Å². The highest BCUT2D eigenvalue weighted by Crippen LogP contribution is 2.35. The van der Waals surface area contributed by atoms with Crippen LogP contribution in [0.5, 0.6) is 11.5 Å². The molecule has 0 spiro atoms. The molecule has 0 aromatic heterocycles. The highest BCUT2D eigenvalue weighted by atomic mass is 127. The van der Waals surface area contributed by atoms with E-state index in [0.29, 0.717) is 21.7 Å². The third kappa shape index (κ3) is 3.07. The molecule has 0 saturated heterocycles. The summed E-state index contributed by atoms with van der Waals surface area (Å²) in [6.45, 7) is 0. The Morgan fingerprint density at radius 2 is 1.94 bits per heavy atom. The third-order valence-corrected chi connectivity index (χ3v) is 3.90. The second-order valence-corrected chi connectivity index (χ2v) is 5.91. The first-order chi connectivity index (χ1) is 8.47. The topological polar surface area (TPSA) is 35.2 Å². The van der Waals surface area contributed by atoms with Gasteiger partial charge >= 0.3 is 0 Å². The monoisotopic (exact) mass is 441 g/mol. The molecule has 0 unspecified atom stereocenters. The van der Waals surface area contributed by atoms with E-state index < -0.39 is 5.82 Å². The van der Waals surface area contributed by atoms with Crippen molar-refractivity contribution in [3.63, 3.8) is 0 Å². The number of benzene rings is 2. The fourth-order valence-electron chi connectivity index (χ4n) is 1.30. The highest BCUT2D eigenvalue weighted by Gasteiger charge is 2.10. The van der Waals surface area contributed by atoms with Crippen LogP contribution in [0.1, 0.15) is 0 Å². The Balaban J connectivity index is 2.37. The molecule has 0 amide bonds. The van der Waals surface area contributed by atoms with E-state index in [0.717, 1.165) is 3.57 Å². The zero-order valence-corrected chi connectivity index (χ0v) is 13.4. The number of ether oxygens (including phenoxy) is 1. The van der Waals surface area contributed by atoms with Gasteiger partial charge in [0.05, 0.1) is 13.1 Å². The van der Waals surface area contributed by atoms with E-state index in [1.165, 1.54) is 12.1 Å². The molecule has 2 N–H and O–H groups in total. The second-order valence-electron chi connectivity index (χ2n) is 3.49. The molecule has 0 saturated carbocycles. The first-order valence-corrected chi connectivity index (χ1v) is 7.10. The van der Waals surface area contributed by atoms with Crippen LogP contribution in [0.3, 0.4) is 0 Å². The van der Waals surface area contributed by atoms with E-state index in [1.807, 2.05) is 0 Å². The summed E-state index contributed by atoms with van der Waals surface area (Å²) in [4.78, 5) is 0. The Hall–Kier alpha value is -0.530. The molecule has 0 atom stereocenters. The maximum atomic E-state index is 13.4. The lowest BCUT2D eigenvalue weighted by molar-refractivity contribution is 0.470. The van der Waals surface area contributed by atoms with Gasteiger partial charge in [0.15, 0.2) is 0 Å². The minimum absolute atomic E-state index is 0.0428. The molecule has 0 heterocycles. The summed E-state index contributed by atoms with van der Waals surface area (Å²) >= 11 is 11.0. The molecule has 2 nitrogen and oxygen atoms in total. The van der Waals surface area contributed by atoms with Crippen LogP contribution in [0, 0.1) is 9.39 Å². The van der Waals surface area contributed by atoms with Gasteiger partial charge in [0, 0.05) is 11.8 Å². The quantitative estimate of drug-likeness (QED) is 0.393. The molecular weight excluding hydrogens is 435 g/mol. The molecule has 2 aromatic rings. The van der Waals surface area contributed by atoms with Crippen molar-refractivity contribution in [3.8, 4) is 11.5 Å². The normalized spacial score (nSPS) is 10.4. The molecule has 0 aliphatic rings. The van der Waals surface area contributed by atoms with E-state index in [9.17, 15) is 4.39 Å². The number of hydrogen-bond donors (Lipinski definition) is 1. The maximum Gasteiger partial charge on any atom is 0.145 e. The van der Waals surface area contributed by atoms with E-state index in [2.05, 4.69) is 38.5 Å². The largest absolute Gasteiger partial charge is 0.455 e. The number of halogens is 4. The average molecular weight is 442 g/mol. The van der Waals surface area contributed by atoms with E-state index in [1.54, 1.807) is 18.2 Å². The molecule has 2 aromatic carbocycles. The van der Waals surface area contributed by atoms with Gasteiger partial charge in [0.2, 0.25) is 0 Å². The van der Waals surface area contributed by atoms with Gasteiger partial charge in [0.25, 0.3) is 0 Å². The van der Waals surface area contributed by atoms with Crippen molar-refractivity contribution in [1.29, 1.82) is 0 Å². The molecular formula is C12H7BrClFINO. The summed E-state index contributed by atoms with van der Waals surface area (Å²) in [5, 5.41) is 0.0428. The van der Waals surface area contributed by atoms with Crippen molar-refractivity contribution >= 4 is 55.8 Å². The Morgan fingerprint density at radius 3 is 2.61 bits per heavy atom. The van der Waals surface area contributed by atoms with Crippen LogP contribution in [-0.2, 0) is 0 Å². The van der Waals surface area contributed by atoms with Gasteiger partial charge in [-0.2, -0.15) is 0 Å². The van der Waals surface area contributed by atoms with Crippen molar-refractivity contribution in [2.45, 2.75) is 0 Å². The minimum atomic E-state index is -0.527. The summed E-state index contributed by atoms with van der Waals surface area (Å²) in [5.74, 6) is 0.437. The van der Waals surface area contributed by atoms with Gasteiger partial charge in [-0.15, -0.1) is 0 Å². The van der Waals surface area contributed by atoms with E-state index in [-0.39, 0.29) is 5.02 Å². The van der Waals surface area contributed by atoms with Crippen molar-refractivity contribution in [2.24, 2.45) is 0 Å². The third-order valence-electron chi connectivity index (χ3n) is 2.15. The smallest absolute Gasteiger partial charge is 0.145 e. The zero-order valence-electron chi connectivity index (χ0n) is 8.88. The van der Waals surface area contributed by atoms with Crippen molar-refractivity contribution in [2.75, 3.05) is 5.73 Å². The molecule has 18 heavy (non-hydrogen) atoms. The lowest BCUT2D eigenvalue weighted by atomic mass is 10.3. The van der Waals surface area contributed by atoms with E-state index in [4.69, 9.17) is 22.1 Å². The first-order valence-electron chi connectivity index (χ1n) is 4.85. The predicted octanol–water partition coefficient (Wildman–Crippen LogP) is 5.22. The first kappa shape index (κ1) is 13.9. The van der Waals surface area contributed by atoms with Gasteiger partial charge in [-0.25, -0.2) is 4.39 Å². The Morgan fingerprint density at radius 1 is 1.22 bits per heavy atom. The van der Waals surface area contributed by atoms with Gasteiger partial charge < -0.3 is 10.5 Å². The number of nitrogens with two attached hydrogens (primary N) is 1. The summed E-state index contributed by atoms with van der Waals surface area (Å²) in [6, 6.07) is 7.92. The van der Waals surface area contributed by atoms with Gasteiger partial charge in [0.1, 0.15) is 17.3 Å². The number of hydrogen-bond acceptors (Lipinski definition) is 2. The van der Waals surface area contributed by atoms with Crippen molar-refractivity contribution in [3.05, 3.63) is 49.2 Å². The van der Waals surface area contributed by atoms with Crippen molar-refractivity contribution < 1.29 is 9.13 Å². The van der Waals surface area contributed by atoms with Gasteiger partial charge in [-0.3, -0.25) is 0 Å². The summed E-state index contributed by atoms with van der Waals surface area (Å²) in [5.41, 5.74) is 6.29. The van der Waals surface area contributed by atoms with Gasteiger partial charge in [-0.05, 0) is 62.8 Å². The fraction of sp³-hybridized carbons (Fsp3) is 0. The predicted molar refractivity (Wildman–Crippen MR) is 82.8 cm³/mol. The molecule has 0 bridgehead atoms. The summed E-state index contributed by atoms with van der Waals surface area (Å²) in [7, 11) is 0. The SMILES string of the molecule is Nc1ccc(Oc2cc(F)c(Cl)cc2Br)c(I)c1. The molecule has 94 valence electrons. The number of anilines is 1. The summed E-state index contributed by atoms with van der Waals surface area (Å²) in [6.07, 6.45) is 0. The number of rotatable bonds is 2. The van der Waals surface area contributed by atoms with Crippen LogP contribution in [0.25, 0.3) is 0 Å². The Kier molecular flexibility index (Phi) is 4.34. The minimum Gasteiger partial charge on any atom is -0.455 e. The molecule has 0 aliphatic heterocycles. The molecule has 0 fully saturated rings. The van der Waals surface area contributed by atoms with Crippen LogP contribution in [0.4, 0.5) is 10.1 Å². The maximum absolute atomic E-state index is 13.4. The van der Waals surface area contributed by atoms with Crippen LogP contribution < -0.4 is 10.5 Å². The fourth-order valence-corrected chi connectivity index (χ4v) is 2.67. The average Bonchev–Trinajstić information content (AvgIpc) is 2.29. The second kappa shape index (κ2) is 5.63. The Labute approximate surface area is 131 Å². The lowest BCUT2D eigenvalue weighted by Crippen LogP contribution is -1.92. The molecule has 0 radical (unpaired) electrons. The van der Waals surface area contributed by atoms with Crippen molar-refractivity contribution in [1.82, 2.24) is 0 Å². The zero-order chi connectivity index (χ0) is 13.3. The van der Waals surface area contributed by atoms with Crippen LogP contribution in [-0.4, -0.2) is 0 Å².